The van der Waals surface area contributed by atoms with Gasteiger partial charge in [-0.25, -0.2) is 4.68 Å². The first-order valence-electron chi connectivity index (χ1n) is 10.3. The molecule has 1 aromatic heterocycles. The van der Waals surface area contributed by atoms with E-state index in [0.717, 1.165) is 34.9 Å². The second-order valence-corrected chi connectivity index (χ2v) is 7.27. The molecule has 1 aliphatic rings. The van der Waals surface area contributed by atoms with E-state index in [-0.39, 0.29) is 0 Å². The van der Waals surface area contributed by atoms with Gasteiger partial charge in [-0.05, 0) is 48.4 Å². The third kappa shape index (κ3) is 4.28. The zero-order chi connectivity index (χ0) is 20.9. The van der Waals surface area contributed by atoms with E-state index in [1.165, 1.54) is 5.57 Å². The number of ether oxygens (including phenoxy) is 1. The Balaban J connectivity index is 1.49. The fourth-order valence-electron chi connectivity index (χ4n) is 3.59. The quantitative estimate of drug-likeness (QED) is 0.394. The minimum absolute atomic E-state index is 0.413. The topological polar surface area (TPSA) is 30.3 Å². The Kier molecular flexibility index (Phi) is 5.35. The Morgan fingerprint density at radius 3 is 2.45 bits per heavy atom. The third-order valence-electron chi connectivity index (χ3n) is 5.09. The van der Waals surface area contributed by atoms with E-state index in [4.69, 9.17) is 9.84 Å². The first-order chi connectivity index (χ1) is 15.4. The lowest BCUT2D eigenvalue weighted by molar-refractivity contribution is 0.300. The molecule has 2 heterocycles. The maximum absolute atomic E-state index is 5.95. The van der Waals surface area contributed by atoms with Crippen LogP contribution in [0.25, 0.3) is 11.3 Å². The van der Waals surface area contributed by atoms with E-state index in [1.54, 1.807) is 0 Å². The van der Waals surface area contributed by atoms with Crippen molar-refractivity contribution in [2.75, 3.05) is 4.90 Å². The van der Waals surface area contributed by atoms with Crippen LogP contribution in [-0.4, -0.2) is 9.78 Å². The summed E-state index contributed by atoms with van der Waals surface area (Å²) in [6.45, 7) is 0.413. The lowest BCUT2D eigenvalue weighted by atomic mass is 10.1. The molecule has 0 N–H and O–H groups in total. The molecule has 4 heteroatoms. The summed E-state index contributed by atoms with van der Waals surface area (Å²) in [6, 6.07) is 33.4. The monoisotopic (exact) mass is 404 g/mol. The van der Waals surface area contributed by atoms with Crippen molar-refractivity contribution in [2.45, 2.75) is 13.0 Å². The maximum atomic E-state index is 5.95. The molecule has 151 valence electrons. The number of allylic oxidation sites excluding steroid dienone is 2. The zero-order valence-electron chi connectivity index (χ0n) is 17.1. The van der Waals surface area contributed by atoms with Gasteiger partial charge in [-0.1, -0.05) is 60.7 Å². The molecular formula is C27H22N3O. The van der Waals surface area contributed by atoms with E-state index in [0.29, 0.717) is 6.61 Å². The summed E-state index contributed by atoms with van der Waals surface area (Å²) in [5.74, 6) is 0.837. The van der Waals surface area contributed by atoms with Gasteiger partial charge in [0.15, 0.2) is 0 Å². The van der Waals surface area contributed by atoms with Gasteiger partial charge in [0, 0.05) is 18.5 Å². The highest BCUT2D eigenvalue weighted by molar-refractivity contribution is 5.72. The Hall–Kier alpha value is -4.05. The summed E-state index contributed by atoms with van der Waals surface area (Å²) in [4.78, 5) is 2.10. The van der Waals surface area contributed by atoms with Gasteiger partial charge in [0.1, 0.15) is 18.1 Å². The second kappa shape index (κ2) is 8.76. The van der Waals surface area contributed by atoms with E-state index in [9.17, 15) is 0 Å². The number of hydrogen-bond donors (Lipinski definition) is 0. The smallest absolute Gasteiger partial charge is 0.132 e. The fraction of sp³-hybridized carbons (Fsp3) is 0.0741. The second-order valence-electron chi connectivity index (χ2n) is 7.27. The van der Waals surface area contributed by atoms with Crippen LogP contribution in [0, 0.1) is 6.07 Å². The number of benzene rings is 3. The lowest BCUT2D eigenvalue weighted by Gasteiger charge is -2.22. The normalized spacial score (nSPS) is 13.2. The largest absolute Gasteiger partial charge is 0.487 e. The molecule has 1 radical (unpaired) electrons. The Bertz CT molecular complexity index is 1200. The standard InChI is InChI=1S/C27H22N3O/c1-4-12-24(13-5-1)29-18-10-11-22(20-29)27-19-23(21-31-26-16-8-3-9-17-26)28-30(27)25-14-6-2-7-15-25/h1-10,12,14-20H,11,21H2. The van der Waals surface area contributed by atoms with Gasteiger partial charge >= 0.3 is 0 Å². The van der Waals surface area contributed by atoms with E-state index < -0.39 is 0 Å². The molecule has 4 nitrogen and oxygen atoms in total. The van der Waals surface area contributed by atoms with Crippen LogP contribution in [0.2, 0.25) is 0 Å². The summed E-state index contributed by atoms with van der Waals surface area (Å²) in [7, 11) is 0. The van der Waals surface area contributed by atoms with Crippen molar-refractivity contribution in [2.24, 2.45) is 0 Å². The van der Waals surface area contributed by atoms with Crippen LogP contribution in [0.3, 0.4) is 0 Å². The summed E-state index contributed by atoms with van der Waals surface area (Å²) >= 11 is 0. The van der Waals surface area contributed by atoms with Crippen LogP contribution in [0.4, 0.5) is 5.69 Å². The van der Waals surface area contributed by atoms with Crippen molar-refractivity contribution >= 4 is 11.3 Å². The van der Waals surface area contributed by atoms with Gasteiger partial charge in [-0.3, -0.25) is 0 Å². The molecule has 0 unspecified atom stereocenters. The van der Waals surface area contributed by atoms with Crippen LogP contribution >= 0.6 is 0 Å². The molecule has 31 heavy (non-hydrogen) atoms. The first-order valence-corrected chi connectivity index (χ1v) is 10.3. The highest BCUT2D eigenvalue weighted by Crippen LogP contribution is 2.29. The Morgan fingerprint density at radius 1 is 0.903 bits per heavy atom. The number of rotatable bonds is 6. The highest BCUT2D eigenvalue weighted by atomic mass is 16.5. The summed E-state index contributed by atoms with van der Waals surface area (Å²) < 4.78 is 7.95. The molecule has 1 aliphatic heterocycles. The van der Waals surface area contributed by atoms with E-state index >= 15 is 0 Å². The SMILES string of the molecule is [c]1ccccc1N1C=CCC(c2cc(COc3ccccc3)nn2-c2ccccc2)=C1. The van der Waals surface area contributed by atoms with Crippen molar-refractivity contribution in [3.8, 4) is 11.4 Å². The van der Waals surface area contributed by atoms with Crippen LogP contribution < -0.4 is 9.64 Å². The third-order valence-corrected chi connectivity index (χ3v) is 5.09. The molecule has 0 bridgehead atoms. The zero-order valence-corrected chi connectivity index (χ0v) is 17.1. The van der Waals surface area contributed by atoms with Crippen LogP contribution in [0.5, 0.6) is 5.75 Å². The fourth-order valence-corrected chi connectivity index (χ4v) is 3.59. The van der Waals surface area contributed by atoms with E-state index in [1.807, 2.05) is 71.4 Å². The average Bonchev–Trinajstić information content (AvgIpc) is 3.29. The molecule has 4 aromatic rings. The average molecular weight is 404 g/mol. The highest BCUT2D eigenvalue weighted by Gasteiger charge is 2.17. The van der Waals surface area contributed by atoms with Crippen LogP contribution in [0.1, 0.15) is 17.8 Å². The Labute approximate surface area is 182 Å². The molecule has 0 fully saturated rings. The van der Waals surface area contributed by atoms with Gasteiger partial charge in [0.25, 0.3) is 0 Å². The van der Waals surface area contributed by atoms with E-state index in [2.05, 4.69) is 53.7 Å². The van der Waals surface area contributed by atoms with Gasteiger partial charge < -0.3 is 9.64 Å². The summed E-state index contributed by atoms with van der Waals surface area (Å²) in [5.41, 5.74) is 5.16. The number of anilines is 1. The molecular weight excluding hydrogens is 382 g/mol. The number of aromatic nitrogens is 2. The first kappa shape index (κ1) is 18.9. The molecule has 0 aliphatic carbocycles. The molecule has 0 saturated heterocycles. The van der Waals surface area contributed by atoms with Gasteiger partial charge in [0.2, 0.25) is 0 Å². The molecule has 5 rings (SSSR count). The summed E-state index contributed by atoms with van der Waals surface area (Å²) in [5, 5.41) is 4.87. The number of nitrogens with zero attached hydrogens (tertiary/aromatic N) is 3. The minimum Gasteiger partial charge on any atom is -0.487 e. The Morgan fingerprint density at radius 2 is 1.68 bits per heavy atom. The van der Waals surface area contributed by atoms with Crippen molar-refractivity contribution in [3.05, 3.63) is 127 Å². The number of para-hydroxylation sites is 3. The van der Waals surface area contributed by atoms with Gasteiger partial charge in [0.05, 0.1) is 17.1 Å². The lowest BCUT2D eigenvalue weighted by Crippen LogP contribution is -2.12. The van der Waals surface area contributed by atoms with Gasteiger partial charge in [-0.15, -0.1) is 0 Å². The predicted molar refractivity (Wildman–Crippen MR) is 124 cm³/mol. The van der Waals surface area contributed by atoms with Gasteiger partial charge in [-0.2, -0.15) is 5.10 Å². The van der Waals surface area contributed by atoms with Crippen molar-refractivity contribution < 1.29 is 4.74 Å². The maximum Gasteiger partial charge on any atom is 0.132 e. The predicted octanol–water partition coefficient (Wildman–Crippen LogP) is 6.02. The van der Waals surface area contributed by atoms with Crippen LogP contribution in [-0.2, 0) is 6.61 Å². The van der Waals surface area contributed by atoms with Crippen molar-refractivity contribution in [1.82, 2.24) is 9.78 Å². The minimum atomic E-state index is 0.413. The van der Waals surface area contributed by atoms with Crippen molar-refractivity contribution in [3.63, 3.8) is 0 Å². The number of hydrogen-bond acceptors (Lipinski definition) is 3. The van der Waals surface area contributed by atoms with Crippen molar-refractivity contribution in [1.29, 1.82) is 0 Å². The summed E-state index contributed by atoms with van der Waals surface area (Å²) in [6.07, 6.45) is 7.24. The molecule has 0 amide bonds. The molecule has 3 aromatic carbocycles. The van der Waals surface area contributed by atoms with Crippen LogP contribution in [0.15, 0.2) is 109 Å². The molecule has 0 saturated carbocycles. The molecule has 0 atom stereocenters. The molecule has 0 spiro atoms.